The molecule has 1 saturated heterocycles. The van der Waals surface area contributed by atoms with Crippen LogP contribution < -0.4 is 5.32 Å². The summed E-state index contributed by atoms with van der Waals surface area (Å²) in [6.07, 6.45) is 2.33. The summed E-state index contributed by atoms with van der Waals surface area (Å²) in [5, 5.41) is 14.6. The second-order valence-electron chi connectivity index (χ2n) is 5.32. The number of β-amino-alcohol motifs (C(OH)–C–C–N with tert-alkyl or cyclic N) is 1. The topological polar surface area (TPSA) is 52.6 Å². The molecule has 0 radical (unpaired) electrons. The Labute approximate surface area is 118 Å². The number of amides is 2. The third-order valence-corrected chi connectivity index (χ3v) is 4.31. The highest BCUT2D eigenvalue weighted by atomic mass is 32.1. The number of carbonyl (C=O) groups excluding carboxylic acids is 1. The van der Waals surface area contributed by atoms with Crippen LogP contribution in [-0.2, 0) is 6.42 Å². The van der Waals surface area contributed by atoms with Gasteiger partial charge in [0.1, 0.15) is 0 Å². The van der Waals surface area contributed by atoms with E-state index in [1.807, 2.05) is 0 Å². The highest BCUT2D eigenvalue weighted by molar-refractivity contribution is 7.09. The van der Waals surface area contributed by atoms with Crippen LogP contribution in [0.1, 0.15) is 24.6 Å². The van der Waals surface area contributed by atoms with E-state index < -0.39 is 0 Å². The van der Waals surface area contributed by atoms with E-state index >= 15 is 0 Å². The van der Waals surface area contributed by atoms with Crippen LogP contribution >= 0.6 is 11.3 Å². The van der Waals surface area contributed by atoms with Gasteiger partial charge in [-0.2, -0.15) is 0 Å². The van der Waals surface area contributed by atoms with E-state index in [1.165, 1.54) is 4.88 Å². The molecule has 1 aliphatic heterocycles. The summed E-state index contributed by atoms with van der Waals surface area (Å²) in [4.78, 5) is 15.0. The number of aliphatic hydroxyl groups excluding tert-OH is 1. The van der Waals surface area contributed by atoms with Gasteiger partial charge in [-0.15, -0.1) is 11.3 Å². The van der Waals surface area contributed by atoms with Crippen molar-refractivity contribution in [1.29, 1.82) is 0 Å². The molecule has 2 rings (SSSR count). The van der Waals surface area contributed by atoms with Gasteiger partial charge < -0.3 is 15.3 Å². The summed E-state index contributed by atoms with van der Waals surface area (Å²) >= 11 is 1.76. The lowest BCUT2D eigenvalue weighted by molar-refractivity contribution is 0.0840. The molecule has 1 aliphatic rings. The van der Waals surface area contributed by atoms with Gasteiger partial charge in [0.15, 0.2) is 0 Å². The molecule has 2 heterocycles. The van der Waals surface area contributed by atoms with Gasteiger partial charge in [-0.05, 0) is 36.6 Å². The van der Waals surface area contributed by atoms with Crippen LogP contribution in [0.4, 0.5) is 4.79 Å². The molecule has 5 heteroatoms. The zero-order chi connectivity index (χ0) is 13.7. The van der Waals surface area contributed by atoms with Crippen molar-refractivity contribution in [3.05, 3.63) is 22.4 Å². The summed E-state index contributed by atoms with van der Waals surface area (Å²) in [5.41, 5.74) is 0. The predicted octanol–water partition coefficient (Wildman–Crippen LogP) is 2.09. The molecule has 1 aromatic heterocycles. The predicted molar refractivity (Wildman–Crippen MR) is 77.4 cm³/mol. The van der Waals surface area contributed by atoms with E-state index in [2.05, 4.69) is 29.8 Å². The van der Waals surface area contributed by atoms with Crippen LogP contribution in [0, 0.1) is 5.92 Å². The zero-order valence-electron chi connectivity index (χ0n) is 11.3. The largest absolute Gasteiger partial charge is 0.391 e. The number of likely N-dealkylation sites (tertiary alicyclic amines) is 1. The fraction of sp³-hybridized carbons (Fsp3) is 0.643. The Morgan fingerprint density at radius 3 is 3.21 bits per heavy atom. The number of thiophene rings is 1. The van der Waals surface area contributed by atoms with E-state index in [-0.39, 0.29) is 12.1 Å². The number of piperidine rings is 1. The molecule has 0 aromatic carbocycles. The smallest absolute Gasteiger partial charge is 0.317 e. The number of carbonyl (C=O) groups is 1. The summed E-state index contributed by atoms with van der Waals surface area (Å²) in [6.45, 7) is 4.04. The average molecular weight is 282 g/mol. The SMILES string of the molecule is CC(CNC(=O)N1CCCC(O)C1)Cc1cccs1. The van der Waals surface area contributed by atoms with Crippen molar-refractivity contribution >= 4 is 17.4 Å². The van der Waals surface area contributed by atoms with Gasteiger partial charge in [-0.25, -0.2) is 4.79 Å². The lowest BCUT2D eigenvalue weighted by Crippen LogP contribution is -2.48. The van der Waals surface area contributed by atoms with Crippen molar-refractivity contribution in [3.8, 4) is 0 Å². The van der Waals surface area contributed by atoms with E-state index in [0.29, 0.717) is 19.0 Å². The molecule has 19 heavy (non-hydrogen) atoms. The van der Waals surface area contributed by atoms with Gasteiger partial charge >= 0.3 is 6.03 Å². The van der Waals surface area contributed by atoms with Crippen molar-refractivity contribution in [1.82, 2.24) is 10.2 Å². The number of nitrogens with one attached hydrogen (secondary N) is 1. The Kier molecular flexibility index (Phi) is 5.22. The first-order chi connectivity index (χ1) is 9.15. The maximum absolute atomic E-state index is 12.0. The Morgan fingerprint density at radius 1 is 1.68 bits per heavy atom. The molecule has 1 fully saturated rings. The second-order valence-corrected chi connectivity index (χ2v) is 6.35. The van der Waals surface area contributed by atoms with Crippen molar-refractivity contribution in [2.24, 2.45) is 5.92 Å². The fourth-order valence-electron chi connectivity index (χ4n) is 2.36. The maximum Gasteiger partial charge on any atom is 0.317 e. The molecule has 0 aliphatic carbocycles. The number of urea groups is 1. The van der Waals surface area contributed by atoms with Gasteiger partial charge in [0.2, 0.25) is 0 Å². The van der Waals surface area contributed by atoms with E-state index in [1.54, 1.807) is 16.2 Å². The van der Waals surface area contributed by atoms with Gasteiger partial charge in [-0.1, -0.05) is 13.0 Å². The molecular formula is C14H22N2O2S. The summed E-state index contributed by atoms with van der Waals surface area (Å²) in [6, 6.07) is 4.14. The van der Waals surface area contributed by atoms with Gasteiger partial charge in [0, 0.05) is 24.5 Å². The molecule has 2 atom stereocenters. The van der Waals surface area contributed by atoms with Crippen LogP contribution in [0.5, 0.6) is 0 Å². The van der Waals surface area contributed by atoms with Gasteiger partial charge in [-0.3, -0.25) is 0 Å². The number of aliphatic hydroxyl groups is 1. The standard InChI is InChI=1S/C14H22N2O2S/c1-11(8-13-5-3-7-19-13)9-15-14(18)16-6-2-4-12(17)10-16/h3,5,7,11-12,17H,2,4,6,8-10H2,1H3,(H,15,18). The third kappa shape index (κ3) is 4.51. The maximum atomic E-state index is 12.0. The minimum absolute atomic E-state index is 0.0446. The van der Waals surface area contributed by atoms with Crippen LogP contribution in [0.15, 0.2) is 17.5 Å². The Bertz CT molecular complexity index is 394. The summed E-state index contributed by atoms with van der Waals surface area (Å²) in [7, 11) is 0. The van der Waals surface area contributed by atoms with Crippen molar-refractivity contribution < 1.29 is 9.90 Å². The van der Waals surface area contributed by atoms with Crippen LogP contribution in [0.25, 0.3) is 0 Å². The first-order valence-electron chi connectivity index (χ1n) is 6.88. The normalized spacial score (nSPS) is 21.2. The lowest BCUT2D eigenvalue weighted by Gasteiger charge is -2.30. The number of hydrogen-bond donors (Lipinski definition) is 2. The molecule has 2 amide bonds. The van der Waals surface area contributed by atoms with Crippen LogP contribution in [0.3, 0.4) is 0 Å². The molecular weight excluding hydrogens is 260 g/mol. The Morgan fingerprint density at radius 2 is 2.53 bits per heavy atom. The van der Waals surface area contributed by atoms with Crippen LogP contribution in [0.2, 0.25) is 0 Å². The highest BCUT2D eigenvalue weighted by Gasteiger charge is 2.21. The van der Waals surface area contributed by atoms with Crippen LogP contribution in [-0.4, -0.2) is 41.8 Å². The second kappa shape index (κ2) is 6.91. The van der Waals surface area contributed by atoms with E-state index in [9.17, 15) is 9.90 Å². The molecule has 0 spiro atoms. The lowest BCUT2D eigenvalue weighted by atomic mass is 10.1. The third-order valence-electron chi connectivity index (χ3n) is 3.42. The minimum Gasteiger partial charge on any atom is -0.391 e. The Balaban J connectivity index is 1.70. The average Bonchev–Trinajstić information content (AvgIpc) is 2.88. The van der Waals surface area contributed by atoms with Gasteiger partial charge in [0.25, 0.3) is 0 Å². The van der Waals surface area contributed by atoms with Crippen molar-refractivity contribution in [2.45, 2.75) is 32.3 Å². The molecule has 2 unspecified atom stereocenters. The molecule has 4 nitrogen and oxygen atoms in total. The first-order valence-corrected chi connectivity index (χ1v) is 7.76. The molecule has 2 N–H and O–H groups in total. The first kappa shape index (κ1) is 14.3. The number of nitrogens with zero attached hydrogens (tertiary/aromatic N) is 1. The monoisotopic (exact) mass is 282 g/mol. The Hall–Kier alpha value is -1.07. The minimum atomic E-state index is -0.358. The molecule has 1 aromatic rings. The summed E-state index contributed by atoms with van der Waals surface area (Å²) < 4.78 is 0. The quantitative estimate of drug-likeness (QED) is 0.888. The van der Waals surface area contributed by atoms with E-state index in [0.717, 1.165) is 25.8 Å². The van der Waals surface area contributed by atoms with Crippen molar-refractivity contribution in [2.75, 3.05) is 19.6 Å². The van der Waals surface area contributed by atoms with Crippen molar-refractivity contribution in [3.63, 3.8) is 0 Å². The zero-order valence-corrected chi connectivity index (χ0v) is 12.2. The van der Waals surface area contributed by atoms with Gasteiger partial charge in [0.05, 0.1) is 6.10 Å². The molecule has 0 saturated carbocycles. The number of rotatable bonds is 4. The molecule has 106 valence electrons. The van der Waals surface area contributed by atoms with E-state index in [4.69, 9.17) is 0 Å². The number of hydrogen-bond acceptors (Lipinski definition) is 3. The molecule has 0 bridgehead atoms. The highest BCUT2D eigenvalue weighted by Crippen LogP contribution is 2.14. The fourth-order valence-corrected chi connectivity index (χ4v) is 3.23. The summed E-state index contributed by atoms with van der Waals surface area (Å²) in [5.74, 6) is 0.428.